The quantitative estimate of drug-likeness (QED) is 0.0243. The molecule has 0 aliphatic carbocycles. The van der Waals surface area contributed by atoms with Crippen molar-refractivity contribution in [3.05, 3.63) is 12.2 Å². The molecule has 0 aliphatic rings. The number of nitrogens with one attached hydrogen (secondary N) is 1. The summed E-state index contributed by atoms with van der Waals surface area (Å²) in [4.78, 5) is 23.3. The molecule has 0 bridgehead atoms. The Morgan fingerprint density at radius 1 is 0.508 bits per heavy atom. The van der Waals surface area contributed by atoms with Gasteiger partial charge in [0.25, 0.3) is 0 Å². The number of amides is 1. The summed E-state index contributed by atoms with van der Waals surface area (Å²) in [5.41, 5.74) is 0. The van der Waals surface area contributed by atoms with Gasteiger partial charge in [-0.3, -0.25) is 13.8 Å². The van der Waals surface area contributed by atoms with Crippen molar-refractivity contribution in [1.82, 2.24) is 5.32 Å². The Hall–Kier alpha value is -0.760. The zero-order valence-corrected chi connectivity index (χ0v) is 45.2. The third-order valence-electron chi connectivity index (χ3n) is 13.3. The topological polar surface area (TPSA) is 105 Å². The lowest BCUT2D eigenvalue weighted by atomic mass is 10.0. The maximum absolute atomic E-state index is 13.0. The van der Waals surface area contributed by atoms with Gasteiger partial charge in [0.05, 0.1) is 39.9 Å². The van der Waals surface area contributed by atoms with E-state index in [2.05, 4.69) is 19.2 Å². The number of phosphoric ester groups is 1. The summed E-state index contributed by atoms with van der Waals surface area (Å²) < 4.78 is 23.7. The van der Waals surface area contributed by atoms with Crippen molar-refractivity contribution in [2.24, 2.45) is 0 Å². The number of aliphatic hydroxyl groups excluding tert-OH is 1. The number of rotatable bonds is 53. The number of allylic oxidation sites excluding steroid dienone is 1. The summed E-state index contributed by atoms with van der Waals surface area (Å²) in [6.07, 6.45) is 58.8. The van der Waals surface area contributed by atoms with Crippen LogP contribution in [0.1, 0.15) is 290 Å². The molecule has 3 N–H and O–H groups in total. The summed E-state index contributed by atoms with van der Waals surface area (Å²) in [7, 11) is 1.59. The van der Waals surface area contributed by atoms with Crippen LogP contribution in [0.3, 0.4) is 0 Å². The van der Waals surface area contributed by atoms with Gasteiger partial charge < -0.3 is 19.8 Å². The average Bonchev–Trinajstić information content (AvgIpc) is 3.26. The van der Waals surface area contributed by atoms with Gasteiger partial charge in [-0.1, -0.05) is 276 Å². The molecule has 0 aromatic heterocycles. The highest BCUT2D eigenvalue weighted by Crippen LogP contribution is 2.43. The van der Waals surface area contributed by atoms with E-state index in [1.165, 1.54) is 238 Å². The Labute approximate surface area is 405 Å². The van der Waals surface area contributed by atoms with Gasteiger partial charge >= 0.3 is 7.82 Å². The van der Waals surface area contributed by atoms with Gasteiger partial charge in [-0.25, -0.2) is 4.57 Å². The molecule has 8 nitrogen and oxygen atoms in total. The monoisotopic (exact) mass is 942 g/mol. The van der Waals surface area contributed by atoms with Crippen molar-refractivity contribution < 1.29 is 32.9 Å². The predicted molar refractivity (Wildman–Crippen MR) is 282 cm³/mol. The van der Waals surface area contributed by atoms with Gasteiger partial charge in [-0.05, 0) is 19.3 Å². The number of nitrogens with zero attached hydrogens (tertiary/aromatic N) is 1. The molecule has 0 aromatic rings. The number of unbranched alkanes of at least 4 members (excludes halogenated alkanes) is 40. The Morgan fingerprint density at radius 3 is 1.14 bits per heavy atom. The fourth-order valence-electron chi connectivity index (χ4n) is 8.75. The van der Waals surface area contributed by atoms with Crippen molar-refractivity contribution in [2.45, 2.75) is 302 Å². The van der Waals surface area contributed by atoms with Crippen molar-refractivity contribution >= 4 is 13.7 Å². The molecule has 0 radical (unpaired) electrons. The molecule has 0 heterocycles. The van der Waals surface area contributed by atoms with E-state index in [1.807, 2.05) is 27.2 Å². The summed E-state index contributed by atoms with van der Waals surface area (Å²) in [6, 6.07) is -0.841. The predicted octanol–water partition coefficient (Wildman–Crippen LogP) is 17.0. The fourth-order valence-corrected chi connectivity index (χ4v) is 9.49. The fraction of sp³-hybridized carbons (Fsp3) is 0.946. The summed E-state index contributed by atoms with van der Waals surface area (Å²) >= 11 is 0. The van der Waals surface area contributed by atoms with Crippen LogP contribution < -0.4 is 5.32 Å². The molecule has 3 unspecified atom stereocenters. The Balaban J connectivity index is 4.13. The molecule has 3 atom stereocenters. The molecular formula is C56H114N2O6P+. The second-order valence-corrected chi connectivity index (χ2v) is 22.5. The van der Waals surface area contributed by atoms with Crippen molar-refractivity contribution in [3.8, 4) is 0 Å². The smallest absolute Gasteiger partial charge is 0.387 e. The van der Waals surface area contributed by atoms with Crippen LogP contribution >= 0.6 is 7.82 Å². The van der Waals surface area contributed by atoms with Crippen LogP contribution in [0.4, 0.5) is 0 Å². The molecule has 1 amide bonds. The van der Waals surface area contributed by atoms with Crippen LogP contribution in [0.5, 0.6) is 0 Å². The number of carbonyl (C=O) groups is 1. The average molecular weight is 943 g/mol. The van der Waals surface area contributed by atoms with E-state index in [4.69, 9.17) is 9.05 Å². The van der Waals surface area contributed by atoms with Crippen molar-refractivity contribution in [3.63, 3.8) is 0 Å². The van der Waals surface area contributed by atoms with Crippen molar-refractivity contribution in [2.75, 3.05) is 40.9 Å². The Kier molecular flexibility index (Phi) is 47.7. The normalized spacial score (nSPS) is 14.0. The number of phosphoric acid groups is 1. The standard InChI is InChI=1S/C56H113N2O6P/c1-6-8-10-12-14-16-18-20-22-24-25-26-27-28-29-30-31-32-34-36-38-40-42-44-46-48-50-56(60)57-54(53-64-65(61,62)63-52-51-58(3,4)5)55(59)49-47-45-43-41-39-37-35-33-23-21-19-17-15-13-11-9-7-2/h47,49,54-55,59H,6-46,48,50-53H2,1-5H3,(H-,57,60,61,62)/p+1/b49-47+. The zero-order valence-electron chi connectivity index (χ0n) is 44.3. The van der Waals surface area contributed by atoms with Gasteiger partial charge in [-0.2, -0.15) is 0 Å². The van der Waals surface area contributed by atoms with Crippen LogP contribution in [0.15, 0.2) is 12.2 Å². The van der Waals surface area contributed by atoms with Crippen LogP contribution in [-0.4, -0.2) is 73.4 Å². The number of quaternary nitrogens is 1. The number of aliphatic hydroxyl groups is 1. The third kappa shape index (κ3) is 50.9. The molecule has 0 fully saturated rings. The largest absolute Gasteiger partial charge is 0.472 e. The number of hydrogen-bond donors (Lipinski definition) is 3. The van der Waals surface area contributed by atoms with E-state index in [1.54, 1.807) is 6.08 Å². The number of hydrogen-bond acceptors (Lipinski definition) is 5. The van der Waals surface area contributed by atoms with Crippen LogP contribution in [0, 0.1) is 0 Å². The Bertz CT molecular complexity index is 1070. The van der Waals surface area contributed by atoms with E-state index in [-0.39, 0.29) is 19.1 Å². The van der Waals surface area contributed by atoms with E-state index in [9.17, 15) is 19.4 Å². The minimum atomic E-state index is -4.34. The first-order chi connectivity index (χ1) is 31.5. The van der Waals surface area contributed by atoms with Gasteiger partial charge in [0, 0.05) is 6.42 Å². The molecule has 0 saturated heterocycles. The van der Waals surface area contributed by atoms with Gasteiger partial charge in [0.1, 0.15) is 13.2 Å². The maximum Gasteiger partial charge on any atom is 0.472 e. The lowest BCUT2D eigenvalue weighted by Crippen LogP contribution is -2.45. The van der Waals surface area contributed by atoms with Gasteiger partial charge in [-0.15, -0.1) is 0 Å². The summed E-state index contributed by atoms with van der Waals surface area (Å²) in [5.74, 6) is -0.170. The molecule has 0 spiro atoms. The number of likely N-dealkylation sites (N-methyl/N-ethyl adjacent to an activating group) is 1. The van der Waals surface area contributed by atoms with Gasteiger partial charge in [0.2, 0.25) is 5.91 Å². The van der Waals surface area contributed by atoms with Crippen LogP contribution in [0.2, 0.25) is 0 Å². The van der Waals surface area contributed by atoms with Crippen LogP contribution in [-0.2, 0) is 18.4 Å². The third-order valence-corrected chi connectivity index (χ3v) is 14.2. The molecule has 9 heteroatoms. The van der Waals surface area contributed by atoms with Crippen molar-refractivity contribution in [1.29, 1.82) is 0 Å². The highest BCUT2D eigenvalue weighted by molar-refractivity contribution is 7.47. The molecule has 0 saturated carbocycles. The maximum atomic E-state index is 13.0. The molecule has 0 rings (SSSR count). The SMILES string of the molecule is CCCCCCCCCCCCCCCCC/C=C/C(O)C(COP(=O)(O)OCC[N+](C)(C)C)NC(=O)CCCCCCCCCCCCCCCCCCCCCCCCCCCC. The molecular weight excluding hydrogens is 828 g/mol. The van der Waals surface area contributed by atoms with E-state index in [0.29, 0.717) is 17.4 Å². The summed E-state index contributed by atoms with van der Waals surface area (Å²) in [5, 5.41) is 13.9. The van der Waals surface area contributed by atoms with E-state index < -0.39 is 20.0 Å². The lowest BCUT2D eigenvalue weighted by Gasteiger charge is -2.25. The Morgan fingerprint density at radius 2 is 0.815 bits per heavy atom. The first kappa shape index (κ1) is 64.2. The highest BCUT2D eigenvalue weighted by Gasteiger charge is 2.27. The minimum Gasteiger partial charge on any atom is -0.387 e. The van der Waals surface area contributed by atoms with E-state index in [0.717, 1.165) is 32.1 Å². The second kappa shape index (κ2) is 48.3. The van der Waals surface area contributed by atoms with Crippen LogP contribution in [0.25, 0.3) is 0 Å². The molecule has 388 valence electrons. The lowest BCUT2D eigenvalue weighted by molar-refractivity contribution is -0.870. The van der Waals surface area contributed by atoms with E-state index >= 15 is 0 Å². The molecule has 0 aromatic carbocycles. The van der Waals surface area contributed by atoms with Gasteiger partial charge in [0.15, 0.2) is 0 Å². The highest BCUT2D eigenvalue weighted by atomic mass is 31.2. The number of carbonyl (C=O) groups excluding carboxylic acids is 1. The second-order valence-electron chi connectivity index (χ2n) is 21.0. The molecule has 65 heavy (non-hydrogen) atoms. The molecule has 0 aliphatic heterocycles. The zero-order chi connectivity index (χ0) is 47.8. The summed E-state index contributed by atoms with van der Waals surface area (Å²) in [6.45, 7) is 4.86. The first-order valence-corrected chi connectivity index (χ1v) is 30.1. The first-order valence-electron chi connectivity index (χ1n) is 28.6. The minimum absolute atomic E-state index is 0.0651.